The summed E-state index contributed by atoms with van der Waals surface area (Å²) in [6, 6.07) is 25.2. The normalized spacial score (nSPS) is 18.2. The first-order chi connectivity index (χ1) is 20.9. The van der Waals surface area contributed by atoms with Crippen molar-refractivity contribution < 1.29 is 23.5 Å². The number of amides is 2. The van der Waals surface area contributed by atoms with Gasteiger partial charge in [-0.3, -0.25) is 14.4 Å². The number of halogens is 1. The largest absolute Gasteiger partial charge is 0.454 e. The minimum atomic E-state index is -1.76. The van der Waals surface area contributed by atoms with Crippen LogP contribution in [0.5, 0.6) is 11.5 Å². The Labute approximate surface area is 250 Å². The summed E-state index contributed by atoms with van der Waals surface area (Å²) in [7, 11) is 0. The van der Waals surface area contributed by atoms with E-state index in [2.05, 4.69) is 0 Å². The third-order valence-electron chi connectivity index (χ3n) is 8.57. The number of ether oxygens (including phenoxy) is 2. The molecule has 5 aromatic rings. The number of carbonyl (C=O) groups excluding carboxylic acids is 2. The zero-order valence-corrected chi connectivity index (χ0v) is 23.7. The number of carbonyl (C=O) groups is 2. The Kier molecular flexibility index (Phi) is 5.49. The molecule has 8 rings (SSSR count). The van der Waals surface area contributed by atoms with Gasteiger partial charge in [-0.2, -0.15) is 0 Å². The Bertz CT molecular complexity index is 2090. The second kappa shape index (κ2) is 9.21. The van der Waals surface area contributed by atoms with Crippen LogP contribution in [0, 0.1) is 6.92 Å². The van der Waals surface area contributed by atoms with Crippen molar-refractivity contribution >= 4 is 40.1 Å². The van der Waals surface area contributed by atoms with Gasteiger partial charge in [0.1, 0.15) is 5.58 Å². The third-order valence-corrected chi connectivity index (χ3v) is 8.80. The predicted octanol–water partition coefficient (Wildman–Crippen LogP) is 5.93. The summed E-state index contributed by atoms with van der Waals surface area (Å²) < 4.78 is 17.2. The van der Waals surface area contributed by atoms with Gasteiger partial charge in [-0.1, -0.05) is 60.1 Å². The van der Waals surface area contributed by atoms with Crippen molar-refractivity contribution in [3.05, 3.63) is 134 Å². The topological polar surface area (TPSA) is 89.3 Å². The number of rotatable bonds is 4. The molecule has 0 radical (unpaired) electrons. The van der Waals surface area contributed by atoms with E-state index in [9.17, 15) is 9.59 Å². The molecule has 8 nitrogen and oxygen atoms in total. The Morgan fingerprint density at radius 3 is 2.51 bits per heavy atom. The highest BCUT2D eigenvalue weighted by Gasteiger charge is 2.65. The minimum Gasteiger partial charge on any atom is -0.454 e. The SMILES string of the molecule is Cc1ccccc1CN1C(=O)C2(c3ccccc31)c1c(oc3ccc(Cl)cc3c1=O)C(=O)N2Cc1ccc2c(c1)OCO2. The van der Waals surface area contributed by atoms with Gasteiger partial charge >= 0.3 is 0 Å². The standard InChI is InChI=1S/C34H23ClN2O6/c1-19-6-2-3-7-21(19)17-36-25-9-5-4-8-24(25)34(33(36)40)29-30(38)23-15-22(35)11-13-26(23)43-31(29)32(39)37(34)16-20-10-12-27-28(14-20)42-18-41-27/h2-15H,16-18H2,1H3. The number of aryl methyl sites for hydroxylation is 1. The Morgan fingerprint density at radius 1 is 0.860 bits per heavy atom. The van der Waals surface area contributed by atoms with E-state index in [1.165, 1.54) is 11.0 Å². The number of anilines is 1. The van der Waals surface area contributed by atoms with Crippen LogP contribution in [0.3, 0.4) is 0 Å². The first-order valence-electron chi connectivity index (χ1n) is 13.8. The predicted molar refractivity (Wildman–Crippen MR) is 160 cm³/mol. The van der Waals surface area contributed by atoms with Crippen LogP contribution in [0.15, 0.2) is 94.1 Å². The van der Waals surface area contributed by atoms with Crippen LogP contribution >= 0.6 is 11.6 Å². The zero-order valence-electron chi connectivity index (χ0n) is 22.9. The highest BCUT2D eigenvalue weighted by molar-refractivity contribution is 6.31. The third kappa shape index (κ3) is 3.53. The molecule has 0 aliphatic carbocycles. The maximum absolute atomic E-state index is 15.0. The lowest BCUT2D eigenvalue weighted by molar-refractivity contribution is -0.126. The zero-order chi connectivity index (χ0) is 29.5. The molecule has 2 amide bonds. The summed E-state index contributed by atoms with van der Waals surface area (Å²) in [4.78, 5) is 46.9. The smallest absolute Gasteiger partial charge is 0.291 e. The van der Waals surface area contributed by atoms with Gasteiger partial charge < -0.3 is 23.7 Å². The van der Waals surface area contributed by atoms with Gasteiger partial charge in [-0.05, 0) is 60.0 Å². The van der Waals surface area contributed by atoms with Gasteiger partial charge in [0, 0.05) is 17.1 Å². The van der Waals surface area contributed by atoms with Crippen LogP contribution in [0.1, 0.15) is 38.4 Å². The van der Waals surface area contributed by atoms with E-state index in [0.717, 1.165) is 11.1 Å². The number of para-hydroxylation sites is 1. The Balaban J connectivity index is 1.39. The van der Waals surface area contributed by atoms with Crippen LogP contribution in [-0.2, 0) is 23.4 Å². The number of nitrogens with zero attached hydrogens (tertiary/aromatic N) is 2. The van der Waals surface area contributed by atoms with E-state index < -0.39 is 22.8 Å². The van der Waals surface area contributed by atoms with Gasteiger partial charge in [0.25, 0.3) is 11.8 Å². The second-order valence-electron chi connectivity index (χ2n) is 10.9. The maximum Gasteiger partial charge on any atom is 0.291 e. The van der Waals surface area contributed by atoms with Gasteiger partial charge in [0.05, 0.1) is 23.2 Å². The van der Waals surface area contributed by atoms with Gasteiger partial charge in [-0.25, -0.2) is 0 Å². The molecule has 0 bridgehead atoms. The molecule has 1 unspecified atom stereocenters. The molecule has 1 atom stereocenters. The molecule has 1 aromatic heterocycles. The summed E-state index contributed by atoms with van der Waals surface area (Å²) in [5, 5.41) is 0.542. The minimum absolute atomic E-state index is 0.00209. The quantitative estimate of drug-likeness (QED) is 0.258. The van der Waals surface area contributed by atoms with Gasteiger partial charge in [0.15, 0.2) is 22.5 Å². The van der Waals surface area contributed by atoms with Crippen molar-refractivity contribution in [3.63, 3.8) is 0 Å². The van der Waals surface area contributed by atoms with E-state index in [4.69, 9.17) is 25.5 Å². The van der Waals surface area contributed by atoms with E-state index >= 15 is 4.79 Å². The van der Waals surface area contributed by atoms with Crippen molar-refractivity contribution in [1.82, 2.24) is 4.90 Å². The molecule has 9 heteroatoms. The highest BCUT2D eigenvalue weighted by atomic mass is 35.5. The van der Waals surface area contributed by atoms with Crippen molar-refractivity contribution in [2.45, 2.75) is 25.6 Å². The summed E-state index contributed by atoms with van der Waals surface area (Å²) in [5.74, 6) is 0.0354. The first-order valence-corrected chi connectivity index (χ1v) is 14.2. The van der Waals surface area contributed by atoms with Gasteiger partial charge in [0.2, 0.25) is 12.6 Å². The molecule has 212 valence electrons. The summed E-state index contributed by atoms with van der Waals surface area (Å²) in [5.41, 5.74) is 1.82. The maximum atomic E-state index is 15.0. The number of hydrogen-bond acceptors (Lipinski definition) is 6. The molecule has 3 aliphatic heterocycles. The van der Waals surface area contributed by atoms with Crippen LogP contribution in [0.25, 0.3) is 11.0 Å². The fraction of sp³-hybridized carbons (Fsp3) is 0.147. The fourth-order valence-corrected chi connectivity index (χ4v) is 6.69. The molecule has 3 aliphatic rings. The second-order valence-corrected chi connectivity index (χ2v) is 11.3. The van der Waals surface area contributed by atoms with Crippen molar-refractivity contribution in [1.29, 1.82) is 0 Å². The molecule has 0 saturated heterocycles. The lowest BCUT2D eigenvalue weighted by Gasteiger charge is -2.34. The molecule has 0 saturated carbocycles. The molecular weight excluding hydrogens is 568 g/mol. The fourth-order valence-electron chi connectivity index (χ4n) is 6.52. The summed E-state index contributed by atoms with van der Waals surface area (Å²) >= 11 is 6.29. The van der Waals surface area contributed by atoms with E-state index in [0.29, 0.717) is 33.3 Å². The van der Waals surface area contributed by atoms with Gasteiger partial charge in [-0.15, -0.1) is 0 Å². The molecule has 1 spiro atoms. The molecule has 43 heavy (non-hydrogen) atoms. The Morgan fingerprint density at radius 2 is 1.65 bits per heavy atom. The lowest BCUT2D eigenvalue weighted by atomic mass is 9.83. The molecule has 4 heterocycles. The highest BCUT2D eigenvalue weighted by Crippen LogP contribution is 2.53. The first kappa shape index (κ1) is 25.6. The molecular formula is C34H23ClN2O6. The Hall–Kier alpha value is -5.08. The van der Waals surface area contributed by atoms with E-state index in [1.807, 2.05) is 61.5 Å². The molecule has 0 fully saturated rings. The average Bonchev–Trinajstić information content (AvgIpc) is 3.65. The monoisotopic (exact) mass is 590 g/mol. The number of hydrogen-bond donors (Lipinski definition) is 0. The van der Waals surface area contributed by atoms with Crippen LogP contribution in [-0.4, -0.2) is 23.5 Å². The molecule has 0 N–H and O–H groups in total. The van der Waals surface area contributed by atoms with Crippen molar-refractivity contribution in [2.75, 3.05) is 11.7 Å². The summed E-state index contributed by atoms with van der Waals surface area (Å²) in [6.45, 7) is 2.36. The van der Waals surface area contributed by atoms with Crippen molar-refractivity contribution in [2.24, 2.45) is 0 Å². The molecule has 4 aromatic carbocycles. The van der Waals surface area contributed by atoms with Crippen LogP contribution in [0.4, 0.5) is 5.69 Å². The van der Waals surface area contributed by atoms with Crippen LogP contribution < -0.4 is 19.8 Å². The number of benzene rings is 4. The average molecular weight is 591 g/mol. The van der Waals surface area contributed by atoms with Crippen LogP contribution in [0.2, 0.25) is 5.02 Å². The summed E-state index contributed by atoms with van der Waals surface area (Å²) in [6.07, 6.45) is 0. The lowest BCUT2D eigenvalue weighted by Crippen LogP contribution is -2.53. The van der Waals surface area contributed by atoms with E-state index in [-0.39, 0.29) is 42.2 Å². The number of fused-ring (bicyclic) bond motifs is 6. The van der Waals surface area contributed by atoms with E-state index in [1.54, 1.807) is 29.2 Å². The van der Waals surface area contributed by atoms with Crippen molar-refractivity contribution in [3.8, 4) is 11.5 Å².